The summed E-state index contributed by atoms with van der Waals surface area (Å²) in [5.74, 6) is 0. The van der Waals surface area contributed by atoms with Crippen molar-refractivity contribution >= 4 is 70.8 Å². The Morgan fingerprint density at radius 1 is 1.20 bits per heavy atom. The number of rotatable bonds is 0. The molecule has 0 saturated carbocycles. The number of halogens is 1. The average Bonchev–Trinajstić information content (AvgIpc) is 1.00. The average molecular weight is 370 g/mol. The van der Waals surface area contributed by atoms with E-state index in [9.17, 15) is 0 Å². The molecule has 0 saturated heterocycles. The van der Waals surface area contributed by atoms with Gasteiger partial charge >= 0.3 is 70.8 Å². The van der Waals surface area contributed by atoms with Crippen LogP contribution in [0.3, 0.4) is 0 Å². The van der Waals surface area contributed by atoms with E-state index in [2.05, 4.69) is 33.1 Å². The predicted molar refractivity (Wildman–Crippen MR) is 29.7 cm³/mol. The van der Waals surface area contributed by atoms with Crippen molar-refractivity contribution in [3.8, 4) is 0 Å². The van der Waals surface area contributed by atoms with Gasteiger partial charge < -0.3 is 0 Å². The Hall–Kier alpha value is 3.65. The van der Waals surface area contributed by atoms with Gasteiger partial charge in [0.15, 0.2) is 0 Å². The summed E-state index contributed by atoms with van der Waals surface area (Å²) in [4.78, 5) is 0. The van der Waals surface area contributed by atoms with Gasteiger partial charge in [-0.3, -0.25) is 0 Å². The van der Waals surface area contributed by atoms with Crippen LogP contribution in [0.4, 0.5) is 0 Å². The number of hydrogen-bond donors (Lipinski definition) is 0. The molecule has 0 bridgehead atoms. The Labute approximate surface area is 105 Å². The van der Waals surface area contributed by atoms with E-state index in [0.717, 1.165) is 0 Å². The van der Waals surface area contributed by atoms with Crippen LogP contribution in [-0.2, 0) is 36.5 Å². The first-order valence-electron chi connectivity index (χ1n) is 0.169. The summed E-state index contributed by atoms with van der Waals surface area (Å²) in [6, 6.07) is 0. The van der Waals surface area contributed by atoms with Crippen molar-refractivity contribution in [3.63, 3.8) is 0 Å². The van der Waals surface area contributed by atoms with Crippen LogP contribution in [0.15, 0.2) is 0 Å². The topological polar surface area (TPSA) is 0 Å². The van der Waals surface area contributed by atoms with Gasteiger partial charge in [-0.15, -0.1) is 0 Å². The first-order chi connectivity index (χ1) is 1.00. The van der Waals surface area contributed by atoms with Crippen molar-refractivity contribution in [2.75, 3.05) is 0 Å². The monoisotopic (exact) mass is 370 g/mol. The third-order valence-corrected chi connectivity index (χ3v) is 0. The normalized spacial score (nSPS) is 1.20. The predicted octanol–water partition coefficient (Wildman–Crippen LogP) is -0.684. The molecule has 28 valence electrons. The van der Waals surface area contributed by atoms with Crippen molar-refractivity contribution in [2.24, 2.45) is 0 Å². The Morgan fingerprint density at radius 2 is 1.20 bits per heavy atom. The van der Waals surface area contributed by atoms with Crippen LogP contribution in [-0.4, -0.2) is 50.5 Å². The molecular weight excluding hydrogens is 367 g/mol. The van der Waals surface area contributed by atoms with E-state index in [4.69, 9.17) is 0 Å². The second-order valence-corrected chi connectivity index (χ2v) is 0. The molecule has 0 amide bonds. The fourth-order valence-electron chi connectivity index (χ4n) is 0. The molecule has 0 atom stereocenters. The van der Waals surface area contributed by atoms with E-state index < -0.39 is 0 Å². The molecule has 0 aliphatic rings. The third kappa shape index (κ3) is 18.3. The molecule has 0 fully saturated rings. The fourth-order valence-corrected chi connectivity index (χ4v) is 0. The van der Waals surface area contributed by atoms with Crippen molar-refractivity contribution in [2.45, 2.75) is 0 Å². The van der Waals surface area contributed by atoms with Gasteiger partial charge in [0.2, 0.25) is 0 Å². The van der Waals surface area contributed by atoms with Crippen LogP contribution in [0.2, 0.25) is 0 Å². The van der Waals surface area contributed by atoms with E-state index >= 15 is 0 Å². The molecule has 0 radical (unpaired) electrons. The molecule has 0 spiro atoms. The standard InChI is InChI=1S/Ca.Fe.HISe.Zn.2H/c;;1-2;;;/h;;2H;;;. The van der Waals surface area contributed by atoms with Crippen LogP contribution in [0, 0.1) is 0 Å². The SMILES string of the molecule is [CaH2].[Fe].[SeH]I.[Zn]. The van der Waals surface area contributed by atoms with Crippen molar-refractivity contribution in [1.82, 2.24) is 0 Å². The smallest absolute Gasteiger partial charge is 0 e. The summed E-state index contributed by atoms with van der Waals surface area (Å²) in [6.07, 6.45) is 0. The quantitative estimate of drug-likeness (QED) is 0.392. The first-order valence-corrected chi connectivity index (χ1v) is 5.89. The Balaban J connectivity index is -0.00000000167. The maximum atomic E-state index is 2.28. The van der Waals surface area contributed by atoms with Gasteiger partial charge in [0.1, 0.15) is 0 Å². The molecule has 0 heterocycles. The minimum atomic E-state index is 0. The van der Waals surface area contributed by atoms with Gasteiger partial charge in [-0.2, -0.15) is 0 Å². The van der Waals surface area contributed by atoms with Gasteiger partial charge in [-0.05, 0) is 0 Å². The molecule has 0 nitrogen and oxygen atoms in total. The largest absolute Gasteiger partial charge is 0 e. The fraction of sp³-hybridized carbons (Fsp3) is 0. The Bertz CT molecular complexity index is 11.6. The zero-order valence-corrected chi connectivity index (χ0v) is 9.99. The van der Waals surface area contributed by atoms with Crippen LogP contribution in [0.1, 0.15) is 0 Å². The maximum absolute atomic E-state index is 2.28. The van der Waals surface area contributed by atoms with Gasteiger partial charge in [0, 0.05) is 36.5 Å². The van der Waals surface area contributed by atoms with E-state index in [-0.39, 0.29) is 74.3 Å². The second-order valence-electron chi connectivity index (χ2n) is 0. The molecule has 0 N–H and O–H groups in total. The summed E-state index contributed by atoms with van der Waals surface area (Å²) in [5, 5.41) is 0. The summed E-state index contributed by atoms with van der Waals surface area (Å²) in [7, 11) is 0. The molecule has 0 aliphatic carbocycles. The van der Waals surface area contributed by atoms with Gasteiger partial charge in [0.05, 0.1) is 0 Å². The van der Waals surface area contributed by atoms with E-state index in [1.165, 1.54) is 0 Å². The zero-order chi connectivity index (χ0) is 2.00. The minimum absolute atomic E-state index is 0. The third-order valence-electron chi connectivity index (χ3n) is 0. The maximum Gasteiger partial charge on any atom is 0 e. The molecule has 0 rings (SSSR count). The van der Waals surface area contributed by atoms with Crippen LogP contribution in [0.25, 0.3) is 0 Å². The molecule has 0 unspecified atom stereocenters. The Morgan fingerprint density at radius 3 is 1.20 bits per heavy atom. The van der Waals surface area contributed by atoms with E-state index in [1.54, 1.807) is 0 Å². The number of hydrogen-bond acceptors (Lipinski definition) is 0. The summed E-state index contributed by atoms with van der Waals surface area (Å²) in [6.45, 7) is 0. The molecule has 0 aromatic carbocycles. The molecule has 0 aromatic rings. The molecule has 5 heavy (non-hydrogen) atoms. The summed E-state index contributed by atoms with van der Waals surface area (Å²) < 4.78 is 0. The second kappa shape index (κ2) is 25.4. The minimum Gasteiger partial charge on any atom is 0 e. The van der Waals surface area contributed by atoms with Crippen LogP contribution in [0.5, 0.6) is 0 Å². The molecule has 0 aliphatic heterocycles. The first kappa shape index (κ1) is 23.4. The van der Waals surface area contributed by atoms with Gasteiger partial charge in [-0.1, -0.05) is 0 Å². The summed E-state index contributed by atoms with van der Waals surface area (Å²) in [5.41, 5.74) is 0. The van der Waals surface area contributed by atoms with Gasteiger partial charge in [0.25, 0.3) is 0 Å². The Kier molecular flexibility index (Phi) is 119. The van der Waals surface area contributed by atoms with Crippen molar-refractivity contribution < 1.29 is 36.5 Å². The van der Waals surface area contributed by atoms with Crippen LogP contribution < -0.4 is 0 Å². The van der Waals surface area contributed by atoms with Gasteiger partial charge in [-0.25, -0.2) is 0 Å². The van der Waals surface area contributed by atoms with E-state index in [1.807, 2.05) is 0 Å². The molecule has 0 aromatic heterocycles. The molecular formula is H3CaFeISeZn. The van der Waals surface area contributed by atoms with Crippen LogP contribution >= 0.6 is 20.3 Å². The summed E-state index contributed by atoms with van der Waals surface area (Å²) >= 11 is 4.37. The van der Waals surface area contributed by atoms with Crippen molar-refractivity contribution in [1.29, 1.82) is 0 Å². The molecule has 5 heteroatoms. The van der Waals surface area contributed by atoms with Crippen molar-refractivity contribution in [3.05, 3.63) is 0 Å². The zero-order valence-electron chi connectivity index (χ0n) is 1.89. The van der Waals surface area contributed by atoms with E-state index in [0.29, 0.717) is 0 Å².